The van der Waals surface area contributed by atoms with Crippen LogP contribution in [0.5, 0.6) is 11.5 Å². The predicted molar refractivity (Wildman–Crippen MR) is 142 cm³/mol. The van der Waals surface area contributed by atoms with Crippen molar-refractivity contribution < 1.29 is 9.47 Å². The smallest absolute Gasteiger partial charge is 0.126 e. The molecule has 0 aliphatic carbocycles. The molecule has 0 fully saturated rings. The summed E-state index contributed by atoms with van der Waals surface area (Å²) in [6.07, 6.45) is 15.1. The Morgan fingerprint density at radius 1 is 0.939 bits per heavy atom. The Morgan fingerprint density at radius 3 is 2.21 bits per heavy atom. The fraction of sp³-hybridized carbons (Fsp3) is 0.800. The third kappa shape index (κ3) is 10.3. The molecule has 1 aromatic carbocycles. The van der Waals surface area contributed by atoms with Crippen molar-refractivity contribution in [1.82, 2.24) is 0 Å². The number of ether oxygens (including phenoxy) is 2. The topological polar surface area (TPSA) is 44.5 Å². The van der Waals surface area contributed by atoms with Crippen molar-refractivity contribution in [3.05, 3.63) is 23.3 Å². The molecule has 3 heteroatoms. The Hall–Kier alpha value is -1.22. The van der Waals surface area contributed by atoms with E-state index in [0.29, 0.717) is 13.2 Å². The first kappa shape index (κ1) is 28.0. The van der Waals surface area contributed by atoms with Gasteiger partial charge in [0.2, 0.25) is 0 Å². The van der Waals surface area contributed by atoms with Crippen LogP contribution in [0.3, 0.4) is 0 Å². The number of aryl methyl sites for hydroxylation is 2. The van der Waals surface area contributed by atoms with E-state index < -0.39 is 0 Å². The summed E-state index contributed by atoms with van der Waals surface area (Å²) in [5.74, 6) is 4.61. The quantitative estimate of drug-likeness (QED) is 0.253. The minimum Gasteiger partial charge on any atom is -0.494 e. The highest BCUT2D eigenvalue weighted by Crippen LogP contribution is 2.40. The molecule has 2 N–H and O–H groups in total. The highest BCUT2D eigenvalue weighted by Gasteiger charge is 2.32. The second kappa shape index (κ2) is 14.2. The van der Waals surface area contributed by atoms with Crippen LogP contribution in [0.25, 0.3) is 0 Å². The summed E-state index contributed by atoms with van der Waals surface area (Å²) in [5, 5.41) is 0. The van der Waals surface area contributed by atoms with Crippen molar-refractivity contribution in [3.8, 4) is 11.5 Å². The van der Waals surface area contributed by atoms with Crippen molar-refractivity contribution in [2.75, 3.05) is 13.2 Å². The van der Waals surface area contributed by atoms with E-state index in [-0.39, 0.29) is 5.60 Å². The van der Waals surface area contributed by atoms with Crippen LogP contribution in [0.2, 0.25) is 0 Å². The van der Waals surface area contributed by atoms with Crippen LogP contribution < -0.4 is 15.2 Å². The standard InChI is InChI=1S/C30H53NO2/c1-23(2)11-7-12-24(3)13-8-14-25(4)15-9-17-30(6)18-16-27-22-28(32-20-10-19-31)21-26(5)29(27)33-30/h21-25H,7-20,31H2,1-6H3/t24-,25-,30+/m0/s1. The third-order valence-corrected chi connectivity index (χ3v) is 7.49. The normalized spacial score (nSPS) is 19.8. The average molecular weight is 460 g/mol. The van der Waals surface area contributed by atoms with Gasteiger partial charge < -0.3 is 15.2 Å². The van der Waals surface area contributed by atoms with Gasteiger partial charge in [0.1, 0.15) is 17.1 Å². The predicted octanol–water partition coefficient (Wildman–Crippen LogP) is 8.25. The van der Waals surface area contributed by atoms with Gasteiger partial charge in [0, 0.05) is 0 Å². The molecule has 0 unspecified atom stereocenters. The van der Waals surface area contributed by atoms with Gasteiger partial charge in [-0.15, -0.1) is 0 Å². The monoisotopic (exact) mass is 459 g/mol. The summed E-state index contributed by atoms with van der Waals surface area (Å²) < 4.78 is 12.5. The van der Waals surface area contributed by atoms with E-state index in [9.17, 15) is 0 Å². The van der Waals surface area contributed by atoms with Crippen LogP contribution in [-0.4, -0.2) is 18.8 Å². The Labute approximate surface area is 205 Å². The van der Waals surface area contributed by atoms with Crippen molar-refractivity contribution >= 4 is 0 Å². The first-order valence-electron chi connectivity index (χ1n) is 13.9. The molecule has 0 aromatic heterocycles. The Balaban J connectivity index is 1.70. The van der Waals surface area contributed by atoms with Gasteiger partial charge in [0.15, 0.2) is 0 Å². The first-order chi connectivity index (χ1) is 15.7. The molecule has 1 heterocycles. The minimum atomic E-state index is -0.0374. The lowest BCUT2D eigenvalue weighted by molar-refractivity contribution is 0.0514. The fourth-order valence-electron chi connectivity index (χ4n) is 5.17. The maximum absolute atomic E-state index is 6.60. The summed E-state index contributed by atoms with van der Waals surface area (Å²) in [4.78, 5) is 0. The van der Waals surface area contributed by atoms with Gasteiger partial charge in [-0.05, 0) is 93.5 Å². The van der Waals surface area contributed by atoms with Gasteiger partial charge in [-0.25, -0.2) is 0 Å². The highest BCUT2D eigenvalue weighted by atomic mass is 16.5. The average Bonchev–Trinajstić information content (AvgIpc) is 2.74. The summed E-state index contributed by atoms with van der Waals surface area (Å²) >= 11 is 0. The lowest BCUT2D eigenvalue weighted by Gasteiger charge is -2.37. The van der Waals surface area contributed by atoms with E-state index in [1.54, 1.807) is 0 Å². The van der Waals surface area contributed by atoms with Crippen LogP contribution in [-0.2, 0) is 6.42 Å². The van der Waals surface area contributed by atoms with Crippen molar-refractivity contribution in [1.29, 1.82) is 0 Å². The van der Waals surface area contributed by atoms with Gasteiger partial charge in [-0.1, -0.05) is 72.6 Å². The summed E-state index contributed by atoms with van der Waals surface area (Å²) in [6.45, 7) is 15.4. The zero-order valence-corrected chi connectivity index (χ0v) is 22.7. The van der Waals surface area contributed by atoms with E-state index in [0.717, 1.165) is 54.9 Å². The lowest BCUT2D eigenvalue weighted by atomic mass is 9.85. The summed E-state index contributed by atoms with van der Waals surface area (Å²) in [7, 11) is 0. The number of rotatable bonds is 16. The molecule has 0 saturated carbocycles. The molecule has 190 valence electrons. The van der Waals surface area contributed by atoms with Crippen molar-refractivity contribution in [3.63, 3.8) is 0 Å². The highest BCUT2D eigenvalue weighted by molar-refractivity contribution is 5.48. The van der Waals surface area contributed by atoms with Gasteiger partial charge in [-0.3, -0.25) is 0 Å². The molecule has 3 atom stereocenters. The van der Waals surface area contributed by atoms with E-state index in [4.69, 9.17) is 15.2 Å². The molecular weight excluding hydrogens is 406 g/mol. The molecule has 1 aliphatic heterocycles. The largest absolute Gasteiger partial charge is 0.494 e. The number of hydrogen-bond acceptors (Lipinski definition) is 3. The SMILES string of the molecule is Cc1cc(OCCCN)cc2c1O[C@](C)(CCC[C@@H](C)CCC[C@@H](C)CCCC(C)C)CC2. The molecule has 33 heavy (non-hydrogen) atoms. The minimum absolute atomic E-state index is 0.0374. The van der Waals surface area contributed by atoms with Crippen molar-refractivity contribution in [2.45, 2.75) is 124 Å². The van der Waals surface area contributed by atoms with Crippen LogP contribution in [0.4, 0.5) is 0 Å². The van der Waals surface area contributed by atoms with Crippen molar-refractivity contribution in [2.24, 2.45) is 23.5 Å². The molecule has 3 nitrogen and oxygen atoms in total. The molecule has 2 rings (SSSR count). The fourth-order valence-corrected chi connectivity index (χ4v) is 5.17. The van der Waals surface area contributed by atoms with E-state index in [2.05, 4.69) is 53.7 Å². The summed E-state index contributed by atoms with van der Waals surface area (Å²) in [5.41, 5.74) is 8.03. The van der Waals surface area contributed by atoms with Crippen LogP contribution in [0.15, 0.2) is 12.1 Å². The zero-order chi connectivity index (χ0) is 24.3. The summed E-state index contributed by atoms with van der Waals surface area (Å²) in [6, 6.07) is 4.29. The van der Waals surface area contributed by atoms with Gasteiger partial charge >= 0.3 is 0 Å². The molecule has 1 aliphatic rings. The van der Waals surface area contributed by atoms with Gasteiger partial charge in [0.05, 0.1) is 6.61 Å². The molecule has 1 aromatic rings. The Kier molecular flexibility index (Phi) is 12.1. The third-order valence-electron chi connectivity index (χ3n) is 7.49. The van der Waals surface area contributed by atoms with Gasteiger partial charge in [0.25, 0.3) is 0 Å². The molecule has 0 amide bonds. The number of hydrogen-bond donors (Lipinski definition) is 1. The number of benzene rings is 1. The maximum atomic E-state index is 6.60. The first-order valence-corrected chi connectivity index (χ1v) is 13.9. The second-order valence-corrected chi connectivity index (χ2v) is 11.6. The second-order valence-electron chi connectivity index (χ2n) is 11.6. The van der Waals surface area contributed by atoms with E-state index in [1.165, 1.54) is 62.5 Å². The molecule has 0 radical (unpaired) electrons. The zero-order valence-electron chi connectivity index (χ0n) is 22.7. The molecule has 0 bridgehead atoms. The maximum Gasteiger partial charge on any atom is 0.126 e. The molecule has 0 saturated heterocycles. The number of nitrogens with two attached hydrogens (primary N) is 1. The Bertz CT molecular complexity index is 686. The van der Waals surface area contributed by atoms with E-state index >= 15 is 0 Å². The molecular formula is C30H53NO2. The van der Waals surface area contributed by atoms with Gasteiger partial charge in [-0.2, -0.15) is 0 Å². The van der Waals surface area contributed by atoms with Crippen LogP contribution >= 0.6 is 0 Å². The Morgan fingerprint density at radius 2 is 1.58 bits per heavy atom. The van der Waals surface area contributed by atoms with E-state index in [1.807, 2.05) is 0 Å². The molecule has 0 spiro atoms. The van der Waals surface area contributed by atoms with Crippen LogP contribution in [0, 0.1) is 24.7 Å². The van der Waals surface area contributed by atoms with Crippen LogP contribution in [0.1, 0.15) is 116 Å². The lowest BCUT2D eigenvalue weighted by Crippen LogP contribution is -2.36. The number of fused-ring (bicyclic) bond motifs is 1.